The maximum Gasteiger partial charge on any atom is 0.321 e. The van der Waals surface area contributed by atoms with Crippen LogP contribution in [0, 0.1) is 6.92 Å². The van der Waals surface area contributed by atoms with Crippen LogP contribution in [-0.4, -0.2) is 77.7 Å². The zero-order valence-corrected chi connectivity index (χ0v) is 17.2. The van der Waals surface area contributed by atoms with Gasteiger partial charge in [0.25, 0.3) is 0 Å². The van der Waals surface area contributed by atoms with Crippen LogP contribution in [0.3, 0.4) is 0 Å². The zero-order chi connectivity index (χ0) is 19.9. The number of anilines is 1. The fourth-order valence-electron chi connectivity index (χ4n) is 4.85. The van der Waals surface area contributed by atoms with E-state index in [-0.39, 0.29) is 23.6 Å². The summed E-state index contributed by atoms with van der Waals surface area (Å²) in [6.07, 6.45) is 1.67. The minimum Gasteiger partial charge on any atom is -0.381 e. The minimum absolute atomic E-state index is 0.129. The van der Waals surface area contributed by atoms with E-state index in [1.54, 1.807) is 17.0 Å². The summed E-state index contributed by atoms with van der Waals surface area (Å²) in [7, 11) is 0. The molecule has 0 bridgehead atoms. The Morgan fingerprint density at radius 3 is 2.75 bits per heavy atom. The molecule has 8 heteroatoms. The SMILES string of the molecule is CCN1C(=O)[C@H]2CN(C(=O)Nc3ccc(Cl)c(C)c3)CCN2C12CCOCC2. The van der Waals surface area contributed by atoms with Crippen LogP contribution in [0.4, 0.5) is 10.5 Å². The molecule has 0 aliphatic carbocycles. The highest BCUT2D eigenvalue weighted by Crippen LogP contribution is 2.41. The Hall–Kier alpha value is -1.83. The summed E-state index contributed by atoms with van der Waals surface area (Å²) < 4.78 is 5.56. The van der Waals surface area contributed by atoms with E-state index in [4.69, 9.17) is 16.3 Å². The molecule has 3 heterocycles. The number of nitrogens with one attached hydrogen (secondary N) is 1. The number of fused-ring (bicyclic) bond motifs is 2. The zero-order valence-electron chi connectivity index (χ0n) is 16.4. The summed E-state index contributed by atoms with van der Waals surface area (Å²) in [5, 5.41) is 3.61. The number of aryl methyl sites for hydroxylation is 1. The first kappa shape index (κ1) is 19.5. The smallest absolute Gasteiger partial charge is 0.321 e. The van der Waals surface area contributed by atoms with Gasteiger partial charge in [0.1, 0.15) is 11.7 Å². The van der Waals surface area contributed by atoms with Crippen molar-refractivity contribution in [2.75, 3.05) is 44.7 Å². The first-order chi connectivity index (χ1) is 13.5. The second-order valence-corrected chi connectivity index (χ2v) is 8.13. The van der Waals surface area contributed by atoms with Gasteiger partial charge in [-0.2, -0.15) is 0 Å². The van der Waals surface area contributed by atoms with E-state index in [0.29, 0.717) is 50.1 Å². The number of ether oxygens (including phenoxy) is 1. The van der Waals surface area contributed by atoms with Crippen LogP contribution in [0.5, 0.6) is 0 Å². The highest BCUT2D eigenvalue weighted by Gasteiger charge is 2.57. The van der Waals surface area contributed by atoms with E-state index in [1.165, 1.54) is 0 Å². The van der Waals surface area contributed by atoms with Gasteiger partial charge in [-0.3, -0.25) is 9.69 Å². The molecule has 3 saturated heterocycles. The van der Waals surface area contributed by atoms with Gasteiger partial charge in [-0.15, -0.1) is 0 Å². The molecule has 28 heavy (non-hydrogen) atoms. The monoisotopic (exact) mass is 406 g/mol. The Bertz CT molecular complexity index is 781. The molecule has 3 fully saturated rings. The molecule has 1 aromatic rings. The third-order valence-corrected chi connectivity index (χ3v) is 6.70. The van der Waals surface area contributed by atoms with Crippen molar-refractivity contribution < 1.29 is 14.3 Å². The van der Waals surface area contributed by atoms with E-state index >= 15 is 0 Å². The van der Waals surface area contributed by atoms with Crippen LogP contribution < -0.4 is 5.32 Å². The van der Waals surface area contributed by atoms with E-state index in [0.717, 1.165) is 18.4 Å². The summed E-state index contributed by atoms with van der Waals surface area (Å²) in [4.78, 5) is 32.0. The number of benzene rings is 1. The Balaban J connectivity index is 1.49. The number of hydrogen-bond acceptors (Lipinski definition) is 4. The van der Waals surface area contributed by atoms with Gasteiger partial charge >= 0.3 is 6.03 Å². The molecule has 0 aromatic heterocycles. The summed E-state index contributed by atoms with van der Waals surface area (Å²) in [6, 6.07) is 4.97. The predicted octanol–water partition coefficient (Wildman–Crippen LogP) is 2.54. The lowest BCUT2D eigenvalue weighted by Gasteiger charge is -2.48. The third-order valence-electron chi connectivity index (χ3n) is 6.27. The maximum absolute atomic E-state index is 13.1. The number of amides is 3. The summed E-state index contributed by atoms with van der Waals surface area (Å²) in [6.45, 7) is 7.67. The molecular weight excluding hydrogens is 380 g/mol. The molecule has 7 nitrogen and oxygen atoms in total. The van der Waals surface area contributed by atoms with Crippen molar-refractivity contribution in [2.45, 2.75) is 38.4 Å². The van der Waals surface area contributed by atoms with Gasteiger partial charge in [-0.25, -0.2) is 4.79 Å². The molecule has 3 aliphatic heterocycles. The number of carbonyl (C=O) groups is 2. The first-order valence-corrected chi connectivity index (χ1v) is 10.3. The van der Waals surface area contributed by atoms with Gasteiger partial charge in [0.2, 0.25) is 5.91 Å². The lowest BCUT2D eigenvalue weighted by atomic mass is 9.96. The quantitative estimate of drug-likeness (QED) is 0.819. The Morgan fingerprint density at radius 1 is 1.32 bits per heavy atom. The lowest BCUT2D eigenvalue weighted by Crippen LogP contribution is -2.62. The second kappa shape index (κ2) is 7.54. The van der Waals surface area contributed by atoms with Crippen LogP contribution in [0.15, 0.2) is 18.2 Å². The van der Waals surface area contributed by atoms with Crippen molar-refractivity contribution in [3.05, 3.63) is 28.8 Å². The van der Waals surface area contributed by atoms with E-state index < -0.39 is 0 Å². The number of likely N-dealkylation sites (N-methyl/N-ethyl adjacent to an activating group) is 1. The highest BCUT2D eigenvalue weighted by atomic mass is 35.5. The van der Waals surface area contributed by atoms with Gasteiger partial charge in [0.15, 0.2) is 0 Å². The average Bonchev–Trinajstić information content (AvgIpc) is 2.92. The molecule has 4 rings (SSSR count). The molecule has 152 valence electrons. The largest absolute Gasteiger partial charge is 0.381 e. The van der Waals surface area contributed by atoms with Crippen LogP contribution >= 0.6 is 11.6 Å². The fourth-order valence-corrected chi connectivity index (χ4v) is 4.97. The highest BCUT2D eigenvalue weighted by molar-refractivity contribution is 6.31. The summed E-state index contributed by atoms with van der Waals surface area (Å²) in [5.41, 5.74) is 1.38. The Morgan fingerprint density at radius 2 is 2.07 bits per heavy atom. The van der Waals surface area contributed by atoms with Gasteiger partial charge in [-0.05, 0) is 37.6 Å². The number of halogens is 1. The van der Waals surface area contributed by atoms with Crippen molar-refractivity contribution in [1.82, 2.24) is 14.7 Å². The minimum atomic E-state index is -0.274. The van der Waals surface area contributed by atoms with Crippen molar-refractivity contribution in [2.24, 2.45) is 0 Å². The van der Waals surface area contributed by atoms with E-state index in [2.05, 4.69) is 10.2 Å². The van der Waals surface area contributed by atoms with Gasteiger partial charge in [0.05, 0.1) is 13.2 Å². The van der Waals surface area contributed by atoms with Crippen LogP contribution in [-0.2, 0) is 9.53 Å². The standard InChI is InChI=1S/C20H27ClN4O3/c1-3-24-18(26)17-13-23(8-9-25(17)20(24)6-10-28-11-7-20)19(27)22-15-4-5-16(21)14(2)12-15/h4-5,12,17H,3,6-11,13H2,1-2H3,(H,22,27)/t17-/m1/s1. The number of rotatable bonds is 2. The summed E-state index contributed by atoms with van der Waals surface area (Å²) in [5.74, 6) is 0.129. The van der Waals surface area contributed by atoms with Crippen molar-refractivity contribution in [1.29, 1.82) is 0 Å². The topological polar surface area (TPSA) is 65.1 Å². The van der Waals surface area contributed by atoms with Gasteiger partial charge in [-0.1, -0.05) is 11.6 Å². The van der Waals surface area contributed by atoms with Crippen molar-refractivity contribution in [3.8, 4) is 0 Å². The lowest BCUT2D eigenvalue weighted by molar-refractivity contribution is -0.135. The Labute approximate surface area is 170 Å². The maximum atomic E-state index is 13.1. The molecule has 0 unspecified atom stereocenters. The number of piperazine rings is 1. The number of urea groups is 1. The predicted molar refractivity (Wildman–Crippen MR) is 107 cm³/mol. The first-order valence-electron chi connectivity index (χ1n) is 9.94. The molecule has 0 saturated carbocycles. The third kappa shape index (κ3) is 3.15. The van der Waals surface area contributed by atoms with E-state index in [1.807, 2.05) is 24.8 Å². The Kier molecular flexibility index (Phi) is 5.24. The normalized spacial score (nSPS) is 24.5. The van der Waals surface area contributed by atoms with Crippen LogP contribution in [0.2, 0.25) is 5.02 Å². The molecule has 1 spiro atoms. The number of nitrogens with zero attached hydrogens (tertiary/aromatic N) is 3. The van der Waals surface area contributed by atoms with Gasteiger partial charge in [0, 0.05) is 49.7 Å². The van der Waals surface area contributed by atoms with Gasteiger partial charge < -0.3 is 19.9 Å². The molecule has 3 amide bonds. The van der Waals surface area contributed by atoms with Crippen LogP contribution in [0.1, 0.15) is 25.3 Å². The molecule has 1 N–H and O–H groups in total. The number of carbonyl (C=O) groups excluding carboxylic acids is 2. The fraction of sp³-hybridized carbons (Fsp3) is 0.600. The molecule has 1 atom stereocenters. The second-order valence-electron chi connectivity index (χ2n) is 7.73. The van der Waals surface area contributed by atoms with E-state index in [9.17, 15) is 9.59 Å². The molecule has 1 aromatic carbocycles. The van der Waals surface area contributed by atoms with Crippen molar-refractivity contribution >= 4 is 29.2 Å². The van der Waals surface area contributed by atoms with Crippen LogP contribution in [0.25, 0.3) is 0 Å². The number of hydrogen-bond donors (Lipinski definition) is 1. The molecular formula is C20H27ClN4O3. The molecule has 0 radical (unpaired) electrons. The summed E-state index contributed by atoms with van der Waals surface area (Å²) >= 11 is 6.06. The molecule has 3 aliphatic rings. The average molecular weight is 407 g/mol. The van der Waals surface area contributed by atoms with Crippen molar-refractivity contribution in [3.63, 3.8) is 0 Å².